The third kappa shape index (κ3) is 4.48. The van der Waals surface area contributed by atoms with Crippen molar-refractivity contribution in [3.8, 4) is 0 Å². The molecule has 0 saturated heterocycles. The molecule has 0 aromatic heterocycles. The molecule has 0 radical (unpaired) electrons. The maximum atomic E-state index is 12.4. The smallest absolute Gasteiger partial charge is 0.416 e. The molecule has 0 unspecified atom stereocenters. The van der Waals surface area contributed by atoms with Crippen LogP contribution >= 0.6 is 0 Å². The van der Waals surface area contributed by atoms with Crippen LogP contribution in [0.3, 0.4) is 0 Å². The Hall–Kier alpha value is -1.98. The molecule has 1 aromatic rings. The third-order valence-corrected chi connectivity index (χ3v) is 2.10. The van der Waals surface area contributed by atoms with E-state index in [1.54, 1.807) is 6.07 Å². The molecule has 1 rings (SSSR count). The lowest BCUT2D eigenvalue weighted by atomic mass is 10.1. The first-order valence-corrected chi connectivity index (χ1v) is 5.07. The molecule has 0 aliphatic heterocycles. The number of hydrogen-bond donors (Lipinski definition) is 1. The van der Waals surface area contributed by atoms with Crippen molar-refractivity contribution in [3.63, 3.8) is 0 Å². The number of alkyl halides is 3. The Kier molecular flexibility index (Phi) is 4.76. The first-order chi connectivity index (χ1) is 8.43. The monoisotopic (exact) mass is 259 g/mol. The molecule has 1 N–H and O–H groups in total. The van der Waals surface area contributed by atoms with E-state index in [0.717, 1.165) is 18.2 Å². The van der Waals surface area contributed by atoms with Gasteiger partial charge in [-0.05, 0) is 17.7 Å². The fraction of sp³-hybridized carbons (Fsp3) is 0.250. The van der Waals surface area contributed by atoms with Crippen molar-refractivity contribution in [2.45, 2.75) is 12.7 Å². The highest BCUT2D eigenvalue weighted by Gasteiger charge is 2.30. The van der Waals surface area contributed by atoms with E-state index in [-0.39, 0.29) is 6.54 Å². The lowest BCUT2D eigenvalue weighted by Crippen LogP contribution is -2.09. The number of carbonyl (C=O) groups is 1. The van der Waals surface area contributed by atoms with Crippen LogP contribution in [0.5, 0.6) is 0 Å². The highest BCUT2D eigenvalue weighted by atomic mass is 19.4. The largest absolute Gasteiger partial charge is 0.466 e. The summed E-state index contributed by atoms with van der Waals surface area (Å²) < 4.78 is 41.6. The molecule has 0 heterocycles. The molecule has 3 nitrogen and oxygen atoms in total. The number of ether oxygens (including phenoxy) is 1. The van der Waals surface area contributed by atoms with Crippen LogP contribution in [0, 0.1) is 0 Å². The topological polar surface area (TPSA) is 38.3 Å². The van der Waals surface area contributed by atoms with Crippen molar-refractivity contribution >= 4 is 5.97 Å². The van der Waals surface area contributed by atoms with Crippen molar-refractivity contribution in [3.05, 3.63) is 47.7 Å². The molecule has 0 saturated carbocycles. The summed E-state index contributed by atoms with van der Waals surface area (Å²) in [6.07, 6.45) is -1.88. The van der Waals surface area contributed by atoms with Crippen molar-refractivity contribution in [2.24, 2.45) is 0 Å². The molecule has 18 heavy (non-hydrogen) atoms. The minimum Gasteiger partial charge on any atom is -0.466 e. The molecule has 0 spiro atoms. The van der Waals surface area contributed by atoms with Crippen LogP contribution in [0.4, 0.5) is 13.2 Å². The van der Waals surface area contributed by atoms with Crippen LogP contribution < -0.4 is 5.32 Å². The van der Waals surface area contributed by atoms with Crippen molar-refractivity contribution in [1.82, 2.24) is 5.32 Å². The standard InChI is InChI=1S/C12H12F3NO2/c1-18-11(17)5-6-16-8-9-3-2-4-10(7-9)12(13,14)15/h2-7,16H,8H2,1H3/b6-5+. The van der Waals surface area contributed by atoms with Crippen molar-refractivity contribution in [2.75, 3.05) is 7.11 Å². The molecule has 0 bridgehead atoms. The average Bonchev–Trinajstić information content (AvgIpc) is 2.33. The second kappa shape index (κ2) is 6.09. The zero-order chi connectivity index (χ0) is 13.6. The summed E-state index contributed by atoms with van der Waals surface area (Å²) in [6.45, 7) is 0.192. The summed E-state index contributed by atoms with van der Waals surface area (Å²) in [6, 6.07) is 4.96. The Morgan fingerprint density at radius 3 is 2.78 bits per heavy atom. The fourth-order valence-electron chi connectivity index (χ4n) is 1.23. The lowest BCUT2D eigenvalue weighted by Gasteiger charge is -2.08. The van der Waals surface area contributed by atoms with E-state index >= 15 is 0 Å². The Bertz CT molecular complexity index is 441. The summed E-state index contributed by atoms with van der Waals surface area (Å²) >= 11 is 0. The maximum Gasteiger partial charge on any atom is 0.416 e. The van der Waals surface area contributed by atoms with E-state index in [1.807, 2.05) is 0 Å². The summed E-state index contributed by atoms with van der Waals surface area (Å²) in [5, 5.41) is 2.70. The Morgan fingerprint density at radius 2 is 2.17 bits per heavy atom. The quantitative estimate of drug-likeness (QED) is 0.667. The normalized spacial score (nSPS) is 11.6. The molecular formula is C12H12F3NO2. The molecule has 0 amide bonds. The number of esters is 1. The molecule has 0 aliphatic rings. The highest BCUT2D eigenvalue weighted by Crippen LogP contribution is 2.29. The molecule has 6 heteroatoms. The number of nitrogens with one attached hydrogen (secondary N) is 1. The SMILES string of the molecule is COC(=O)/C=C/NCc1cccc(C(F)(F)F)c1. The minimum atomic E-state index is -4.35. The van der Waals surface area contributed by atoms with Gasteiger partial charge in [0, 0.05) is 18.8 Å². The summed E-state index contributed by atoms with van der Waals surface area (Å²) in [5.74, 6) is -0.536. The van der Waals surface area contributed by atoms with Gasteiger partial charge in [0.1, 0.15) is 0 Å². The lowest BCUT2D eigenvalue weighted by molar-refractivity contribution is -0.137. The van der Waals surface area contributed by atoms with E-state index in [0.29, 0.717) is 5.56 Å². The number of rotatable bonds is 4. The van der Waals surface area contributed by atoms with Gasteiger partial charge in [-0.15, -0.1) is 0 Å². The molecule has 0 fully saturated rings. The van der Waals surface area contributed by atoms with Crippen LogP contribution in [0.25, 0.3) is 0 Å². The zero-order valence-corrected chi connectivity index (χ0v) is 9.62. The minimum absolute atomic E-state index is 0.192. The number of halogens is 3. The van der Waals surface area contributed by atoms with E-state index < -0.39 is 17.7 Å². The third-order valence-electron chi connectivity index (χ3n) is 2.10. The predicted molar refractivity (Wildman–Crippen MR) is 59.4 cm³/mol. The fourth-order valence-corrected chi connectivity index (χ4v) is 1.23. The van der Waals surface area contributed by atoms with Gasteiger partial charge in [0.15, 0.2) is 0 Å². The number of benzene rings is 1. The van der Waals surface area contributed by atoms with Gasteiger partial charge in [0.25, 0.3) is 0 Å². The number of hydrogen-bond acceptors (Lipinski definition) is 3. The van der Waals surface area contributed by atoms with Gasteiger partial charge >= 0.3 is 12.1 Å². The second-order valence-electron chi connectivity index (χ2n) is 3.44. The zero-order valence-electron chi connectivity index (χ0n) is 9.62. The van der Waals surface area contributed by atoms with Gasteiger partial charge in [-0.2, -0.15) is 13.2 Å². The average molecular weight is 259 g/mol. The maximum absolute atomic E-state index is 12.4. The Labute approximate surface area is 102 Å². The van der Waals surface area contributed by atoms with Crippen molar-refractivity contribution in [1.29, 1.82) is 0 Å². The molecule has 0 aliphatic carbocycles. The van der Waals surface area contributed by atoms with Gasteiger partial charge in [0.2, 0.25) is 0 Å². The Balaban J connectivity index is 2.58. The summed E-state index contributed by atoms with van der Waals surface area (Å²) in [4.78, 5) is 10.7. The van der Waals surface area contributed by atoms with Crippen LogP contribution in [-0.2, 0) is 22.3 Å². The van der Waals surface area contributed by atoms with Gasteiger partial charge in [-0.3, -0.25) is 0 Å². The van der Waals surface area contributed by atoms with Crippen LogP contribution in [-0.4, -0.2) is 13.1 Å². The van der Waals surface area contributed by atoms with E-state index in [1.165, 1.54) is 19.4 Å². The summed E-state index contributed by atoms with van der Waals surface area (Å²) in [7, 11) is 1.24. The van der Waals surface area contributed by atoms with Gasteiger partial charge in [-0.25, -0.2) is 4.79 Å². The van der Waals surface area contributed by atoms with Gasteiger partial charge in [0.05, 0.1) is 12.7 Å². The first kappa shape index (κ1) is 14.1. The van der Waals surface area contributed by atoms with Crippen molar-refractivity contribution < 1.29 is 22.7 Å². The number of methoxy groups -OCH3 is 1. The van der Waals surface area contributed by atoms with Crippen LogP contribution in [0.15, 0.2) is 36.5 Å². The summed E-state index contributed by atoms with van der Waals surface area (Å²) in [5.41, 5.74) is -0.224. The van der Waals surface area contributed by atoms with Gasteiger partial charge in [-0.1, -0.05) is 12.1 Å². The van der Waals surface area contributed by atoms with E-state index in [4.69, 9.17) is 0 Å². The molecule has 1 aromatic carbocycles. The first-order valence-electron chi connectivity index (χ1n) is 5.07. The molecule has 0 atom stereocenters. The van der Waals surface area contributed by atoms with Crippen LogP contribution in [0.2, 0.25) is 0 Å². The molecule has 98 valence electrons. The van der Waals surface area contributed by atoms with E-state index in [2.05, 4.69) is 10.1 Å². The van der Waals surface area contributed by atoms with E-state index in [9.17, 15) is 18.0 Å². The molecular weight excluding hydrogens is 247 g/mol. The number of carbonyl (C=O) groups excluding carboxylic acids is 1. The highest BCUT2D eigenvalue weighted by molar-refractivity contribution is 5.81. The predicted octanol–water partition coefficient (Wildman–Crippen LogP) is 2.48. The Morgan fingerprint density at radius 1 is 1.44 bits per heavy atom. The second-order valence-corrected chi connectivity index (χ2v) is 3.44. The van der Waals surface area contributed by atoms with Crippen LogP contribution in [0.1, 0.15) is 11.1 Å². The van der Waals surface area contributed by atoms with Gasteiger partial charge < -0.3 is 10.1 Å².